The summed E-state index contributed by atoms with van der Waals surface area (Å²) >= 11 is 5.60. The van der Waals surface area contributed by atoms with Crippen molar-refractivity contribution in [2.45, 2.75) is 0 Å². The number of halogens is 1. The molecule has 0 radical (unpaired) electrons. The predicted molar refractivity (Wildman–Crippen MR) is 55.8 cm³/mol. The molecule has 0 aliphatic carbocycles. The fraction of sp³-hybridized carbons (Fsp3) is 0. The topological polar surface area (TPSA) is 98.7 Å². The minimum atomic E-state index is -0.472. The van der Waals surface area contributed by atoms with Crippen LogP contribution in [0.5, 0.6) is 0 Å². The van der Waals surface area contributed by atoms with E-state index in [1.165, 1.54) is 17.1 Å². The van der Waals surface area contributed by atoms with Gasteiger partial charge in [0.15, 0.2) is 11.0 Å². The van der Waals surface area contributed by atoms with E-state index in [4.69, 9.17) is 17.4 Å². The van der Waals surface area contributed by atoms with Gasteiger partial charge in [0.25, 0.3) is 5.91 Å². The van der Waals surface area contributed by atoms with Crippen LogP contribution in [0.3, 0.4) is 0 Å². The lowest BCUT2D eigenvalue weighted by Crippen LogP contribution is -2.30. The maximum Gasteiger partial charge on any atom is 0.285 e. The number of hydrazine groups is 1. The van der Waals surface area contributed by atoms with Crippen LogP contribution in [0.1, 0.15) is 10.5 Å². The number of aromatic nitrogens is 4. The smallest absolute Gasteiger partial charge is 0.285 e. The zero-order chi connectivity index (χ0) is 11.5. The number of hydrogen-bond donors (Lipinski definition) is 2. The predicted octanol–water partition coefficient (Wildman–Crippen LogP) is -0.0808. The second kappa shape index (κ2) is 4.25. The number of carbonyl (C=O) groups is 1. The minimum absolute atomic E-state index is 0.194. The standard InChI is InChI=1S/C8H7ClN6O/c9-6-1-2-7(14-13-6)15-3-5(11-4-15)8(16)12-10/h1-4H,10H2,(H,12,16). The molecular weight excluding hydrogens is 232 g/mol. The average molecular weight is 239 g/mol. The molecule has 0 saturated carbocycles. The van der Waals surface area contributed by atoms with E-state index in [1.807, 2.05) is 5.43 Å². The summed E-state index contributed by atoms with van der Waals surface area (Å²) in [6.45, 7) is 0. The molecule has 0 unspecified atom stereocenters. The Morgan fingerprint density at radius 3 is 2.88 bits per heavy atom. The maximum absolute atomic E-state index is 11.1. The molecule has 0 aliphatic rings. The largest absolute Gasteiger partial charge is 0.289 e. The number of nitrogens with two attached hydrogens (primary N) is 1. The highest BCUT2D eigenvalue weighted by atomic mass is 35.5. The first-order valence-electron chi connectivity index (χ1n) is 4.25. The summed E-state index contributed by atoms with van der Waals surface area (Å²) in [5.41, 5.74) is 2.18. The highest BCUT2D eigenvalue weighted by molar-refractivity contribution is 6.29. The van der Waals surface area contributed by atoms with Gasteiger partial charge in [0.2, 0.25) is 0 Å². The maximum atomic E-state index is 11.1. The van der Waals surface area contributed by atoms with E-state index in [1.54, 1.807) is 12.1 Å². The number of amides is 1. The van der Waals surface area contributed by atoms with E-state index in [-0.39, 0.29) is 5.69 Å². The van der Waals surface area contributed by atoms with Crippen LogP contribution in [0.25, 0.3) is 5.82 Å². The molecular formula is C8H7ClN6O. The Kier molecular flexibility index (Phi) is 2.80. The third-order valence-corrected chi connectivity index (χ3v) is 2.03. The van der Waals surface area contributed by atoms with E-state index < -0.39 is 5.91 Å². The van der Waals surface area contributed by atoms with Gasteiger partial charge in [-0.05, 0) is 12.1 Å². The number of nitrogens with zero attached hydrogens (tertiary/aromatic N) is 4. The lowest BCUT2D eigenvalue weighted by Gasteiger charge is -1.98. The fourth-order valence-corrected chi connectivity index (χ4v) is 1.19. The molecule has 3 N–H and O–H groups in total. The van der Waals surface area contributed by atoms with Crippen molar-refractivity contribution in [1.82, 2.24) is 25.2 Å². The number of carbonyl (C=O) groups excluding carboxylic acids is 1. The van der Waals surface area contributed by atoms with Crippen molar-refractivity contribution in [2.24, 2.45) is 5.84 Å². The minimum Gasteiger partial charge on any atom is -0.289 e. The summed E-state index contributed by atoms with van der Waals surface area (Å²) < 4.78 is 1.54. The summed E-state index contributed by atoms with van der Waals surface area (Å²) in [5, 5.41) is 7.79. The number of rotatable bonds is 2. The van der Waals surface area contributed by atoms with Crippen molar-refractivity contribution in [3.8, 4) is 5.82 Å². The van der Waals surface area contributed by atoms with E-state index in [0.717, 1.165) is 0 Å². The molecule has 2 heterocycles. The van der Waals surface area contributed by atoms with Crippen LogP contribution in [0.15, 0.2) is 24.7 Å². The van der Waals surface area contributed by atoms with Gasteiger partial charge >= 0.3 is 0 Å². The Labute approximate surface area is 95.2 Å². The molecule has 7 nitrogen and oxygen atoms in total. The molecule has 2 aromatic heterocycles. The lowest BCUT2D eigenvalue weighted by molar-refractivity contribution is 0.0949. The van der Waals surface area contributed by atoms with Gasteiger partial charge in [-0.3, -0.25) is 14.8 Å². The second-order valence-corrected chi connectivity index (χ2v) is 3.24. The molecule has 2 aromatic rings. The van der Waals surface area contributed by atoms with Crippen LogP contribution in [-0.2, 0) is 0 Å². The Morgan fingerprint density at radius 1 is 1.44 bits per heavy atom. The summed E-state index contributed by atoms with van der Waals surface area (Å²) in [6, 6.07) is 3.24. The zero-order valence-corrected chi connectivity index (χ0v) is 8.72. The zero-order valence-electron chi connectivity index (χ0n) is 7.96. The van der Waals surface area contributed by atoms with Crippen LogP contribution in [0.2, 0.25) is 5.15 Å². The van der Waals surface area contributed by atoms with Crippen molar-refractivity contribution in [3.05, 3.63) is 35.5 Å². The molecule has 16 heavy (non-hydrogen) atoms. The quantitative estimate of drug-likeness (QED) is 0.433. The number of nitrogen functional groups attached to an aromatic ring is 1. The molecule has 0 bridgehead atoms. The van der Waals surface area contributed by atoms with Gasteiger partial charge in [-0.25, -0.2) is 10.8 Å². The Balaban J connectivity index is 2.31. The monoisotopic (exact) mass is 238 g/mol. The third kappa shape index (κ3) is 2.00. The van der Waals surface area contributed by atoms with Gasteiger partial charge in [0, 0.05) is 6.20 Å². The van der Waals surface area contributed by atoms with Crippen LogP contribution in [0.4, 0.5) is 0 Å². The number of nitrogens with one attached hydrogen (secondary N) is 1. The van der Waals surface area contributed by atoms with Crippen LogP contribution in [-0.4, -0.2) is 25.7 Å². The number of hydrogen-bond acceptors (Lipinski definition) is 5. The van der Waals surface area contributed by atoms with Gasteiger partial charge in [-0.2, -0.15) is 0 Å². The molecule has 8 heteroatoms. The van der Waals surface area contributed by atoms with E-state index in [9.17, 15) is 4.79 Å². The molecule has 0 atom stereocenters. The van der Waals surface area contributed by atoms with Gasteiger partial charge in [0.05, 0.1) is 0 Å². The first-order chi connectivity index (χ1) is 7.70. The van der Waals surface area contributed by atoms with Gasteiger partial charge in [-0.15, -0.1) is 10.2 Å². The van der Waals surface area contributed by atoms with Crippen LogP contribution >= 0.6 is 11.6 Å². The Hall–Kier alpha value is -1.99. The summed E-state index contributed by atoms with van der Waals surface area (Å²) in [6.07, 6.45) is 2.92. The van der Waals surface area contributed by atoms with Gasteiger partial charge < -0.3 is 0 Å². The average Bonchev–Trinajstić information content (AvgIpc) is 2.78. The highest BCUT2D eigenvalue weighted by Crippen LogP contribution is 2.07. The second-order valence-electron chi connectivity index (χ2n) is 2.85. The highest BCUT2D eigenvalue weighted by Gasteiger charge is 2.08. The lowest BCUT2D eigenvalue weighted by atomic mass is 10.4. The Morgan fingerprint density at radius 2 is 2.25 bits per heavy atom. The Bertz CT molecular complexity index is 508. The molecule has 2 rings (SSSR count). The first-order valence-corrected chi connectivity index (χ1v) is 4.63. The summed E-state index contributed by atoms with van der Waals surface area (Å²) in [5.74, 6) is 5.01. The summed E-state index contributed by atoms with van der Waals surface area (Å²) in [7, 11) is 0. The SMILES string of the molecule is NNC(=O)c1cn(-c2ccc(Cl)nn2)cn1. The number of imidazole rings is 1. The molecule has 0 saturated heterocycles. The fourth-order valence-electron chi connectivity index (χ4n) is 1.09. The molecule has 82 valence electrons. The summed E-state index contributed by atoms with van der Waals surface area (Å²) in [4.78, 5) is 15.0. The first kappa shape index (κ1) is 10.5. The van der Waals surface area contributed by atoms with Crippen molar-refractivity contribution < 1.29 is 4.79 Å². The molecule has 0 aromatic carbocycles. The van der Waals surface area contributed by atoms with Gasteiger partial charge in [0.1, 0.15) is 12.0 Å². The van der Waals surface area contributed by atoms with E-state index in [2.05, 4.69) is 15.2 Å². The molecule has 0 aliphatic heterocycles. The van der Waals surface area contributed by atoms with Crippen LogP contribution < -0.4 is 11.3 Å². The normalized spacial score (nSPS) is 10.1. The molecule has 1 amide bonds. The van der Waals surface area contributed by atoms with Crippen molar-refractivity contribution >= 4 is 17.5 Å². The van der Waals surface area contributed by atoms with E-state index >= 15 is 0 Å². The van der Waals surface area contributed by atoms with Crippen molar-refractivity contribution in [3.63, 3.8) is 0 Å². The third-order valence-electron chi connectivity index (χ3n) is 1.83. The van der Waals surface area contributed by atoms with Crippen molar-refractivity contribution in [1.29, 1.82) is 0 Å². The van der Waals surface area contributed by atoms with E-state index in [0.29, 0.717) is 11.0 Å². The van der Waals surface area contributed by atoms with Crippen LogP contribution in [0, 0.1) is 0 Å². The van der Waals surface area contributed by atoms with Crippen molar-refractivity contribution in [2.75, 3.05) is 0 Å². The molecule has 0 fully saturated rings. The molecule has 0 spiro atoms. The van der Waals surface area contributed by atoms with Gasteiger partial charge in [-0.1, -0.05) is 11.6 Å².